The smallest absolute Gasteiger partial charge is 0.0412 e. The predicted octanol–water partition coefficient (Wildman–Crippen LogP) is 4.13. The molecule has 0 spiro atoms. The highest BCUT2D eigenvalue weighted by molar-refractivity contribution is 9.10. The maximum atomic E-state index is 6.59. The normalized spacial score (nSPS) is 19.7. The molecule has 2 rings (SSSR count). The number of aryl methyl sites for hydroxylation is 1. The first-order chi connectivity index (χ1) is 7.65. The van der Waals surface area contributed by atoms with Gasteiger partial charge in [-0.05, 0) is 42.5 Å². The Balaban J connectivity index is 2.37. The van der Waals surface area contributed by atoms with E-state index in [1.807, 2.05) is 0 Å². The van der Waals surface area contributed by atoms with Gasteiger partial charge < -0.3 is 5.73 Å². The molecule has 0 aromatic heterocycles. The molecule has 2 N–H and O–H groups in total. The highest BCUT2D eigenvalue weighted by Gasteiger charge is 2.30. The van der Waals surface area contributed by atoms with Crippen molar-refractivity contribution in [2.24, 2.45) is 5.73 Å². The zero-order valence-electron chi connectivity index (χ0n) is 9.93. The lowest BCUT2D eigenvalue weighted by atomic mass is 9.75. The van der Waals surface area contributed by atoms with Crippen molar-refractivity contribution in [3.63, 3.8) is 0 Å². The van der Waals surface area contributed by atoms with Crippen LogP contribution >= 0.6 is 15.9 Å². The van der Waals surface area contributed by atoms with Crippen molar-refractivity contribution < 1.29 is 0 Å². The molecule has 0 unspecified atom stereocenters. The maximum Gasteiger partial charge on any atom is 0.0412 e. The Morgan fingerprint density at radius 2 is 1.94 bits per heavy atom. The zero-order valence-corrected chi connectivity index (χ0v) is 11.5. The van der Waals surface area contributed by atoms with E-state index in [4.69, 9.17) is 5.73 Å². The molecule has 1 aromatic rings. The number of hydrogen-bond donors (Lipinski definition) is 1. The lowest BCUT2D eigenvalue weighted by Crippen LogP contribution is -2.39. The summed E-state index contributed by atoms with van der Waals surface area (Å²) in [5.41, 5.74) is 9.30. The average molecular weight is 282 g/mol. The van der Waals surface area contributed by atoms with Crippen LogP contribution < -0.4 is 5.73 Å². The highest BCUT2D eigenvalue weighted by Crippen LogP contribution is 2.37. The summed E-state index contributed by atoms with van der Waals surface area (Å²) >= 11 is 3.54. The van der Waals surface area contributed by atoms with Crippen LogP contribution in [0.2, 0.25) is 0 Å². The fraction of sp³-hybridized carbons (Fsp3) is 0.571. The summed E-state index contributed by atoms with van der Waals surface area (Å²) in [7, 11) is 0. The first-order valence-corrected chi connectivity index (χ1v) is 7.03. The SMILES string of the molecule is CCc1cc(Br)ccc1C1(N)CCCCC1. The number of benzene rings is 1. The summed E-state index contributed by atoms with van der Waals surface area (Å²) in [5, 5.41) is 0. The first kappa shape index (κ1) is 12.1. The monoisotopic (exact) mass is 281 g/mol. The second-order valence-electron chi connectivity index (χ2n) is 4.87. The summed E-state index contributed by atoms with van der Waals surface area (Å²) in [6.07, 6.45) is 7.24. The van der Waals surface area contributed by atoms with E-state index in [0.717, 1.165) is 23.7 Å². The molecule has 16 heavy (non-hydrogen) atoms. The van der Waals surface area contributed by atoms with Gasteiger partial charge in [0.05, 0.1) is 0 Å². The topological polar surface area (TPSA) is 26.0 Å². The molecular weight excluding hydrogens is 262 g/mol. The number of nitrogens with two attached hydrogens (primary N) is 1. The van der Waals surface area contributed by atoms with Crippen LogP contribution in [0.3, 0.4) is 0 Å². The van der Waals surface area contributed by atoms with Crippen molar-refractivity contribution in [3.05, 3.63) is 33.8 Å². The van der Waals surface area contributed by atoms with Crippen LogP contribution in [0.15, 0.2) is 22.7 Å². The van der Waals surface area contributed by atoms with Crippen LogP contribution in [0.5, 0.6) is 0 Å². The van der Waals surface area contributed by atoms with Gasteiger partial charge in [-0.1, -0.05) is 48.2 Å². The predicted molar refractivity (Wildman–Crippen MR) is 72.5 cm³/mol. The summed E-state index contributed by atoms with van der Waals surface area (Å²) in [6, 6.07) is 6.56. The zero-order chi connectivity index (χ0) is 11.6. The van der Waals surface area contributed by atoms with Gasteiger partial charge in [0.2, 0.25) is 0 Å². The summed E-state index contributed by atoms with van der Waals surface area (Å²) < 4.78 is 1.16. The largest absolute Gasteiger partial charge is 0.321 e. The van der Waals surface area contributed by atoms with Gasteiger partial charge in [-0.3, -0.25) is 0 Å². The quantitative estimate of drug-likeness (QED) is 0.867. The van der Waals surface area contributed by atoms with E-state index < -0.39 is 0 Å². The Bertz CT molecular complexity index is 367. The first-order valence-electron chi connectivity index (χ1n) is 6.23. The summed E-state index contributed by atoms with van der Waals surface area (Å²) in [5.74, 6) is 0. The summed E-state index contributed by atoms with van der Waals surface area (Å²) in [4.78, 5) is 0. The van der Waals surface area contributed by atoms with E-state index in [2.05, 4.69) is 41.1 Å². The van der Waals surface area contributed by atoms with Crippen LogP contribution in [0, 0.1) is 0 Å². The van der Waals surface area contributed by atoms with Crippen LogP contribution in [-0.4, -0.2) is 0 Å². The van der Waals surface area contributed by atoms with Gasteiger partial charge in [0.25, 0.3) is 0 Å². The average Bonchev–Trinajstić information content (AvgIpc) is 2.29. The second kappa shape index (κ2) is 4.89. The Kier molecular flexibility index (Phi) is 3.70. The number of rotatable bonds is 2. The number of halogens is 1. The van der Waals surface area contributed by atoms with Crippen LogP contribution in [0.25, 0.3) is 0 Å². The Morgan fingerprint density at radius 3 is 2.56 bits per heavy atom. The van der Waals surface area contributed by atoms with Crippen molar-refractivity contribution in [3.8, 4) is 0 Å². The third kappa shape index (κ3) is 2.33. The van der Waals surface area contributed by atoms with E-state index in [-0.39, 0.29) is 5.54 Å². The van der Waals surface area contributed by atoms with Crippen molar-refractivity contribution in [1.29, 1.82) is 0 Å². The molecule has 0 amide bonds. The van der Waals surface area contributed by atoms with Crippen LogP contribution in [-0.2, 0) is 12.0 Å². The van der Waals surface area contributed by atoms with Gasteiger partial charge in [-0.2, -0.15) is 0 Å². The van der Waals surface area contributed by atoms with E-state index >= 15 is 0 Å². The van der Waals surface area contributed by atoms with E-state index in [1.165, 1.54) is 30.4 Å². The molecule has 1 aliphatic rings. The minimum Gasteiger partial charge on any atom is -0.321 e. The Morgan fingerprint density at radius 1 is 1.25 bits per heavy atom. The van der Waals surface area contributed by atoms with Crippen molar-refractivity contribution in [1.82, 2.24) is 0 Å². The van der Waals surface area contributed by atoms with Gasteiger partial charge in [-0.15, -0.1) is 0 Å². The van der Waals surface area contributed by atoms with Crippen LogP contribution in [0.1, 0.15) is 50.2 Å². The molecule has 0 heterocycles. The molecule has 1 saturated carbocycles. The minimum absolute atomic E-state index is 0.0652. The van der Waals surface area contributed by atoms with Gasteiger partial charge in [0.1, 0.15) is 0 Å². The van der Waals surface area contributed by atoms with E-state index in [1.54, 1.807) is 0 Å². The van der Waals surface area contributed by atoms with Gasteiger partial charge >= 0.3 is 0 Å². The molecule has 1 aromatic carbocycles. The molecule has 1 nitrogen and oxygen atoms in total. The molecule has 0 atom stereocenters. The molecule has 1 fully saturated rings. The fourth-order valence-corrected chi connectivity index (χ4v) is 3.20. The lowest BCUT2D eigenvalue weighted by molar-refractivity contribution is 0.300. The molecule has 2 heteroatoms. The minimum atomic E-state index is -0.0652. The fourth-order valence-electron chi connectivity index (χ4n) is 2.79. The number of hydrogen-bond acceptors (Lipinski definition) is 1. The third-order valence-electron chi connectivity index (χ3n) is 3.73. The third-order valence-corrected chi connectivity index (χ3v) is 4.22. The summed E-state index contributed by atoms with van der Waals surface area (Å²) in [6.45, 7) is 2.21. The van der Waals surface area contributed by atoms with Gasteiger partial charge in [0.15, 0.2) is 0 Å². The molecule has 1 aliphatic carbocycles. The maximum absolute atomic E-state index is 6.59. The van der Waals surface area contributed by atoms with E-state index in [9.17, 15) is 0 Å². The standard InChI is InChI=1S/C14H20BrN/c1-2-11-10-12(15)6-7-13(11)14(16)8-4-3-5-9-14/h6-7,10H,2-5,8-9,16H2,1H3. The van der Waals surface area contributed by atoms with Gasteiger partial charge in [-0.25, -0.2) is 0 Å². The molecule has 0 saturated heterocycles. The molecule has 0 radical (unpaired) electrons. The molecule has 0 bridgehead atoms. The van der Waals surface area contributed by atoms with Crippen molar-refractivity contribution >= 4 is 15.9 Å². The Labute approximate surface area is 107 Å². The molecule has 88 valence electrons. The molecule has 0 aliphatic heterocycles. The highest BCUT2D eigenvalue weighted by atomic mass is 79.9. The second-order valence-corrected chi connectivity index (χ2v) is 5.79. The van der Waals surface area contributed by atoms with Crippen molar-refractivity contribution in [2.75, 3.05) is 0 Å². The lowest BCUT2D eigenvalue weighted by Gasteiger charge is -2.35. The molecular formula is C14H20BrN. The van der Waals surface area contributed by atoms with Crippen molar-refractivity contribution in [2.45, 2.75) is 51.0 Å². The van der Waals surface area contributed by atoms with E-state index in [0.29, 0.717) is 0 Å². The van der Waals surface area contributed by atoms with Gasteiger partial charge in [0, 0.05) is 10.0 Å². The van der Waals surface area contributed by atoms with Crippen LogP contribution in [0.4, 0.5) is 0 Å². The Hall–Kier alpha value is -0.340.